The predicted octanol–water partition coefficient (Wildman–Crippen LogP) is 2.81. The molecule has 0 aliphatic rings. The third-order valence-electron chi connectivity index (χ3n) is 1.70. The van der Waals surface area contributed by atoms with Crippen LogP contribution in [0.4, 0.5) is 0 Å². The molecule has 0 bridgehead atoms. The van der Waals surface area contributed by atoms with Crippen LogP contribution in [-0.4, -0.2) is 14.5 Å². The van der Waals surface area contributed by atoms with Gasteiger partial charge < -0.3 is 0 Å². The Hall–Kier alpha value is 0.209. The molecule has 0 aliphatic carbocycles. The van der Waals surface area contributed by atoms with Gasteiger partial charge in [-0.25, -0.2) is 0 Å². The summed E-state index contributed by atoms with van der Waals surface area (Å²) in [5.74, 6) is 0. The van der Waals surface area contributed by atoms with Gasteiger partial charge in [-0.05, 0) is 0 Å². The van der Waals surface area contributed by atoms with E-state index in [1.54, 1.807) is 8.70 Å². The number of hydrogen-bond acceptors (Lipinski definition) is 0. The Kier molecular flexibility index (Phi) is 2.08. The van der Waals surface area contributed by atoms with Gasteiger partial charge in [0, 0.05) is 0 Å². The molecule has 0 spiro atoms. The normalized spacial score (nSPS) is 10.7. The molecule has 56 valence electrons. The number of aryl methyl sites for hydroxylation is 1. The van der Waals surface area contributed by atoms with Crippen molar-refractivity contribution in [3.05, 3.63) is 32.3 Å². The minimum absolute atomic E-state index is 0.604. The fourth-order valence-corrected chi connectivity index (χ4v) is 4.60. The fraction of sp³-hybridized carbons (Fsp3) is 0.111. The fourth-order valence-electron chi connectivity index (χ4n) is 1.14. The van der Waals surface area contributed by atoms with Crippen LogP contribution in [0.15, 0.2) is 24.3 Å². The molecule has 1 aromatic carbocycles. The predicted molar refractivity (Wildman–Crippen MR) is 58.3 cm³/mol. The molecule has 0 aliphatic heterocycles. The van der Waals surface area contributed by atoms with Crippen LogP contribution in [0, 0.1) is 10.5 Å². The molecule has 1 heterocycles. The average Bonchev–Trinajstić information content (AvgIpc) is 2.30. The molecule has 2 aromatic rings. The third-order valence-corrected chi connectivity index (χ3v) is 6.19. The molecule has 0 fully saturated rings. The summed E-state index contributed by atoms with van der Waals surface area (Å²) in [7, 11) is 0. The number of hydrogen-bond donors (Lipinski definition) is 0. The standard InChI is InChI=1S/C9H7ISe/c1-6-9(10)7-4-2-3-5-8(7)11-6/h2-5H,1H3. The van der Waals surface area contributed by atoms with Crippen molar-refractivity contribution >= 4 is 46.7 Å². The van der Waals surface area contributed by atoms with Crippen molar-refractivity contribution in [1.82, 2.24) is 0 Å². The molecule has 0 radical (unpaired) electrons. The maximum atomic E-state index is 2.44. The summed E-state index contributed by atoms with van der Waals surface area (Å²) in [5, 5.41) is 1.46. The first-order chi connectivity index (χ1) is 5.29. The first-order valence-corrected chi connectivity index (χ1v) is 6.22. The molecule has 1 aromatic heterocycles. The van der Waals surface area contributed by atoms with Crippen molar-refractivity contribution in [3.63, 3.8) is 0 Å². The zero-order valence-corrected chi connectivity index (χ0v) is 9.97. The Morgan fingerprint density at radius 2 is 2.00 bits per heavy atom. The monoisotopic (exact) mass is 322 g/mol. The van der Waals surface area contributed by atoms with Gasteiger partial charge in [-0.2, -0.15) is 0 Å². The second-order valence-electron chi connectivity index (χ2n) is 2.47. The van der Waals surface area contributed by atoms with Crippen LogP contribution >= 0.6 is 22.6 Å². The van der Waals surface area contributed by atoms with Gasteiger partial charge in [-0.1, -0.05) is 0 Å². The van der Waals surface area contributed by atoms with Gasteiger partial charge in [-0.15, -0.1) is 0 Å². The quantitative estimate of drug-likeness (QED) is 0.517. The van der Waals surface area contributed by atoms with E-state index in [9.17, 15) is 0 Å². The first kappa shape index (κ1) is 7.84. The van der Waals surface area contributed by atoms with Gasteiger partial charge in [-0.3, -0.25) is 0 Å². The Morgan fingerprint density at radius 1 is 1.27 bits per heavy atom. The van der Waals surface area contributed by atoms with Crippen LogP contribution < -0.4 is 0 Å². The summed E-state index contributed by atoms with van der Waals surface area (Å²) in [5.41, 5.74) is 0. The molecular formula is C9H7ISe. The maximum absolute atomic E-state index is 2.44. The average molecular weight is 321 g/mol. The Labute approximate surface area is 85.5 Å². The Balaban J connectivity index is 2.92. The van der Waals surface area contributed by atoms with Crippen LogP contribution in [-0.2, 0) is 0 Å². The molecule has 0 atom stereocenters. The number of rotatable bonds is 0. The van der Waals surface area contributed by atoms with Crippen molar-refractivity contribution < 1.29 is 0 Å². The molecule has 0 saturated heterocycles. The van der Waals surface area contributed by atoms with E-state index in [-0.39, 0.29) is 0 Å². The third kappa shape index (κ3) is 1.28. The number of fused-ring (bicyclic) bond motifs is 1. The van der Waals surface area contributed by atoms with Gasteiger partial charge in [0.2, 0.25) is 0 Å². The summed E-state index contributed by atoms with van der Waals surface area (Å²) < 4.78 is 4.58. The number of benzene rings is 1. The summed E-state index contributed by atoms with van der Waals surface area (Å²) in [4.78, 5) is 0. The Morgan fingerprint density at radius 3 is 2.73 bits per heavy atom. The molecule has 0 nitrogen and oxygen atoms in total. The second-order valence-corrected chi connectivity index (χ2v) is 6.18. The van der Waals surface area contributed by atoms with Crippen LogP contribution in [0.5, 0.6) is 0 Å². The molecular weight excluding hydrogens is 314 g/mol. The van der Waals surface area contributed by atoms with Crippen molar-refractivity contribution in [2.75, 3.05) is 0 Å². The molecule has 11 heavy (non-hydrogen) atoms. The molecule has 0 unspecified atom stereocenters. The van der Waals surface area contributed by atoms with E-state index in [2.05, 4.69) is 53.8 Å². The van der Waals surface area contributed by atoms with Crippen molar-refractivity contribution in [3.8, 4) is 0 Å². The zero-order valence-electron chi connectivity index (χ0n) is 6.10. The van der Waals surface area contributed by atoms with Gasteiger partial charge in [0.25, 0.3) is 0 Å². The Bertz CT molecular complexity index is 389. The second kappa shape index (κ2) is 2.92. The minimum atomic E-state index is 0.604. The molecule has 0 N–H and O–H groups in total. The first-order valence-electron chi connectivity index (χ1n) is 3.42. The van der Waals surface area contributed by atoms with E-state index < -0.39 is 0 Å². The molecule has 2 heteroatoms. The van der Waals surface area contributed by atoms with E-state index in [1.807, 2.05) is 0 Å². The van der Waals surface area contributed by atoms with Gasteiger partial charge in [0.15, 0.2) is 0 Å². The van der Waals surface area contributed by atoms with E-state index in [1.165, 1.54) is 8.96 Å². The molecule has 0 saturated carbocycles. The van der Waals surface area contributed by atoms with Crippen LogP contribution in [0.25, 0.3) is 9.65 Å². The summed E-state index contributed by atoms with van der Waals surface area (Å²) in [6.45, 7) is 2.24. The van der Waals surface area contributed by atoms with E-state index >= 15 is 0 Å². The van der Waals surface area contributed by atoms with Crippen molar-refractivity contribution in [2.45, 2.75) is 6.92 Å². The van der Waals surface area contributed by atoms with E-state index in [0.717, 1.165) is 0 Å². The van der Waals surface area contributed by atoms with Gasteiger partial charge in [0.1, 0.15) is 0 Å². The van der Waals surface area contributed by atoms with E-state index in [0.29, 0.717) is 14.5 Å². The summed E-state index contributed by atoms with van der Waals surface area (Å²) in [6, 6.07) is 8.70. The zero-order chi connectivity index (χ0) is 7.84. The molecule has 2 rings (SSSR count). The SMILES string of the molecule is Cc1[se]c2ccccc2c1I. The van der Waals surface area contributed by atoms with Crippen molar-refractivity contribution in [2.24, 2.45) is 0 Å². The van der Waals surface area contributed by atoms with Crippen LogP contribution in [0.3, 0.4) is 0 Å². The van der Waals surface area contributed by atoms with Gasteiger partial charge in [0.05, 0.1) is 0 Å². The van der Waals surface area contributed by atoms with E-state index in [4.69, 9.17) is 0 Å². The topological polar surface area (TPSA) is 0 Å². The van der Waals surface area contributed by atoms with Gasteiger partial charge >= 0.3 is 85.9 Å². The van der Waals surface area contributed by atoms with Crippen LogP contribution in [0.2, 0.25) is 0 Å². The summed E-state index contributed by atoms with van der Waals surface area (Å²) >= 11 is 3.05. The molecule has 0 amide bonds. The number of halogens is 1. The van der Waals surface area contributed by atoms with Crippen molar-refractivity contribution in [1.29, 1.82) is 0 Å². The summed E-state index contributed by atoms with van der Waals surface area (Å²) in [6.07, 6.45) is 0. The van der Waals surface area contributed by atoms with Crippen LogP contribution in [0.1, 0.15) is 4.44 Å².